The smallest absolute Gasteiger partial charge is 0.165 e. The Morgan fingerprint density at radius 3 is 2.74 bits per heavy atom. The van der Waals surface area contributed by atoms with E-state index >= 15 is 0 Å². The maximum atomic E-state index is 9.92. The number of aliphatic hydroxyl groups is 1. The van der Waals surface area contributed by atoms with E-state index in [1.165, 1.54) is 0 Å². The molecule has 0 aliphatic carbocycles. The van der Waals surface area contributed by atoms with E-state index in [4.69, 9.17) is 16.6 Å². The van der Waals surface area contributed by atoms with E-state index < -0.39 is 0 Å². The maximum absolute atomic E-state index is 9.92. The summed E-state index contributed by atoms with van der Waals surface area (Å²) in [5.74, 6) is 1.69. The molecule has 3 aromatic rings. The Labute approximate surface area is 163 Å². The normalized spacial score (nSPS) is 17.8. The molecule has 4 rings (SSSR count). The highest BCUT2D eigenvalue weighted by Gasteiger charge is 2.29. The van der Waals surface area contributed by atoms with Gasteiger partial charge in [0.25, 0.3) is 0 Å². The SMILES string of the molecule is CC(C)(C)c1nc2c(N3CCC(O)C3)ncnc2n1Cc1cccnc1Cl. The lowest BCUT2D eigenvalue weighted by Crippen LogP contribution is -2.22. The molecule has 142 valence electrons. The number of aliphatic hydroxyl groups excluding tert-OH is 1. The van der Waals surface area contributed by atoms with Crippen molar-refractivity contribution < 1.29 is 5.11 Å². The van der Waals surface area contributed by atoms with Gasteiger partial charge in [-0.2, -0.15) is 0 Å². The van der Waals surface area contributed by atoms with Crippen LogP contribution in [0.25, 0.3) is 11.2 Å². The predicted octanol–water partition coefficient (Wildman–Crippen LogP) is 2.79. The minimum Gasteiger partial charge on any atom is -0.391 e. The number of fused-ring (bicyclic) bond motifs is 1. The molecule has 1 unspecified atom stereocenters. The average molecular weight is 387 g/mol. The summed E-state index contributed by atoms with van der Waals surface area (Å²) in [6.45, 7) is 8.25. The predicted molar refractivity (Wildman–Crippen MR) is 105 cm³/mol. The Kier molecular flexibility index (Phi) is 4.52. The number of hydrogen-bond acceptors (Lipinski definition) is 6. The number of pyridine rings is 1. The quantitative estimate of drug-likeness (QED) is 0.697. The van der Waals surface area contributed by atoms with Crippen molar-refractivity contribution in [2.75, 3.05) is 18.0 Å². The van der Waals surface area contributed by atoms with Gasteiger partial charge in [0.15, 0.2) is 17.0 Å². The highest BCUT2D eigenvalue weighted by molar-refractivity contribution is 6.30. The van der Waals surface area contributed by atoms with Crippen LogP contribution in [-0.4, -0.2) is 48.8 Å². The molecule has 1 saturated heterocycles. The van der Waals surface area contributed by atoms with Crippen LogP contribution in [0.4, 0.5) is 5.82 Å². The van der Waals surface area contributed by atoms with Gasteiger partial charge in [-0.3, -0.25) is 0 Å². The van der Waals surface area contributed by atoms with Gasteiger partial charge in [-0.1, -0.05) is 38.4 Å². The summed E-state index contributed by atoms with van der Waals surface area (Å²) >= 11 is 6.30. The summed E-state index contributed by atoms with van der Waals surface area (Å²) in [5, 5.41) is 10.4. The van der Waals surface area contributed by atoms with Crippen LogP contribution < -0.4 is 4.90 Å². The standard InChI is InChI=1S/C19H23ClN6O/c1-19(2,3)18-24-14-16(25-8-6-13(27)10-25)22-11-23-17(14)26(18)9-12-5-4-7-21-15(12)20/h4-5,7,11,13,27H,6,8-10H2,1-3H3. The molecule has 0 bridgehead atoms. The number of β-amino-alcohol motifs (C(OH)–C–C–N with tert-alkyl or cyclic N) is 1. The van der Waals surface area contributed by atoms with Gasteiger partial charge in [0.05, 0.1) is 12.6 Å². The van der Waals surface area contributed by atoms with Crippen LogP contribution in [0.3, 0.4) is 0 Å². The van der Waals surface area contributed by atoms with Crippen LogP contribution >= 0.6 is 11.6 Å². The van der Waals surface area contributed by atoms with Crippen LogP contribution in [0.1, 0.15) is 38.6 Å². The maximum Gasteiger partial charge on any atom is 0.165 e. The molecular weight excluding hydrogens is 364 g/mol. The molecule has 0 radical (unpaired) electrons. The Bertz CT molecular complexity index is 980. The summed E-state index contributed by atoms with van der Waals surface area (Å²) < 4.78 is 2.09. The number of aromatic nitrogens is 5. The van der Waals surface area contributed by atoms with E-state index in [9.17, 15) is 5.11 Å². The fourth-order valence-electron chi connectivity index (χ4n) is 3.52. The zero-order valence-electron chi connectivity index (χ0n) is 15.7. The van der Waals surface area contributed by atoms with Crippen molar-refractivity contribution in [1.82, 2.24) is 24.5 Å². The van der Waals surface area contributed by atoms with E-state index in [1.807, 2.05) is 12.1 Å². The lowest BCUT2D eigenvalue weighted by Gasteiger charge is -2.20. The van der Waals surface area contributed by atoms with Crippen molar-refractivity contribution in [3.8, 4) is 0 Å². The van der Waals surface area contributed by atoms with Crippen molar-refractivity contribution in [1.29, 1.82) is 0 Å². The summed E-state index contributed by atoms with van der Waals surface area (Å²) in [6.07, 6.45) is 3.66. The second kappa shape index (κ2) is 6.73. The Hall–Kier alpha value is -2.25. The molecule has 1 atom stereocenters. The summed E-state index contributed by atoms with van der Waals surface area (Å²) in [7, 11) is 0. The minimum atomic E-state index is -0.326. The number of anilines is 1. The first-order valence-corrected chi connectivity index (χ1v) is 9.46. The Morgan fingerprint density at radius 1 is 1.26 bits per heavy atom. The van der Waals surface area contributed by atoms with Crippen molar-refractivity contribution >= 4 is 28.6 Å². The number of nitrogens with zero attached hydrogens (tertiary/aromatic N) is 6. The lowest BCUT2D eigenvalue weighted by molar-refractivity contribution is 0.198. The van der Waals surface area contributed by atoms with Gasteiger partial charge < -0.3 is 14.6 Å². The minimum absolute atomic E-state index is 0.183. The molecule has 0 aromatic carbocycles. The molecule has 0 amide bonds. The highest BCUT2D eigenvalue weighted by Crippen LogP contribution is 2.31. The zero-order chi connectivity index (χ0) is 19.2. The molecule has 4 heterocycles. The van der Waals surface area contributed by atoms with Crippen LogP contribution in [0.15, 0.2) is 24.7 Å². The third-order valence-electron chi connectivity index (χ3n) is 4.81. The molecule has 0 spiro atoms. The van der Waals surface area contributed by atoms with Crippen LogP contribution in [0.5, 0.6) is 0 Å². The Balaban J connectivity index is 1.87. The van der Waals surface area contributed by atoms with Crippen molar-refractivity contribution in [3.63, 3.8) is 0 Å². The molecule has 0 saturated carbocycles. The second-order valence-corrected chi connectivity index (χ2v) is 8.34. The van der Waals surface area contributed by atoms with Gasteiger partial charge in [-0.25, -0.2) is 19.9 Å². The fraction of sp³-hybridized carbons (Fsp3) is 0.474. The van der Waals surface area contributed by atoms with Crippen molar-refractivity contribution in [2.45, 2.75) is 45.3 Å². The van der Waals surface area contributed by atoms with Gasteiger partial charge >= 0.3 is 0 Å². The fourth-order valence-corrected chi connectivity index (χ4v) is 3.70. The van der Waals surface area contributed by atoms with E-state index in [1.54, 1.807) is 12.5 Å². The van der Waals surface area contributed by atoms with Gasteiger partial charge in [0.1, 0.15) is 17.3 Å². The number of halogens is 1. The van der Waals surface area contributed by atoms with Gasteiger partial charge in [-0.15, -0.1) is 0 Å². The molecule has 7 nitrogen and oxygen atoms in total. The average Bonchev–Trinajstić information content (AvgIpc) is 3.20. The van der Waals surface area contributed by atoms with Gasteiger partial charge in [-0.05, 0) is 12.5 Å². The Morgan fingerprint density at radius 2 is 2.07 bits per heavy atom. The van der Waals surface area contributed by atoms with Gasteiger partial charge in [0.2, 0.25) is 0 Å². The summed E-state index contributed by atoms with van der Waals surface area (Å²) in [4.78, 5) is 20.2. The van der Waals surface area contributed by atoms with Crippen LogP contribution in [-0.2, 0) is 12.0 Å². The first-order valence-electron chi connectivity index (χ1n) is 9.08. The first-order chi connectivity index (χ1) is 12.8. The zero-order valence-corrected chi connectivity index (χ0v) is 16.5. The first kappa shape index (κ1) is 18.1. The highest BCUT2D eigenvalue weighted by atomic mass is 35.5. The third kappa shape index (κ3) is 3.37. The molecule has 3 aromatic heterocycles. The van der Waals surface area contributed by atoms with E-state index in [0.29, 0.717) is 18.2 Å². The van der Waals surface area contributed by atoms with Crippen molar-refractivity contribution in [2.24, 2.45) is 0 Å². The van der Waals surface area contributed by atoms with Crippen LogP contribution in [0.2, 0.25) is 5.15 Å². The van der Waals surface area contributed by atoms with Crippen molar-refractivity contribution in [3.05, 3.63) is 41.2 Å². The van der Waals surface area contributed by atoms with E-state index in [0.717, 1.165) is 41.3 Å². The molecule has 1 fully saturated rings. The number of imidazole rings is 1. The largest absolute Gasteiger partial charge is 0.391 e. The summed E-state index contributed by atoms with van der Waals surface area (Å²) in [6, 6.07) is 3.84. The molecular formula is C19H23ClN6O. The monoisotopic (exact) mass is 386 g/mol. The molecule has 1 N–H and O–H groups in total. The molecule has 8 heteroatoms. The lowest BCUT2D eigenvalue weighted by atomic mass is 9.95. The molecule has 27 heavy (non-hydrogen) atoms. The van der Waals surface area contributed by atoms with E-state index in [2.05, 4.69) is 45.2 Å². The van der Waals surface area contributed by atoms with E-state index in [-0.39, 0.29) is 11.5 Å². The topological polar surface area (TPSA) is 80.0 Å². The van der Waals surface area contributed by atoms with Gasteiger partial charge in [0, 0.05) is 30.3 Å². The van der Waals surface area contributed by atoms with Crippen LogP contribution in [0, 0.1) is 0 Å². The number of rotatable bonds is 3. The molecule has 1 aliphatic heterocycles. The second-order valence-electron chi connectivity index (χ2n) is 7.98. The molecule has 1 aliphatic rings. The number of hydrogen-bond donors (Lipinski definition) is 1. The third-order valence-corrected chi connectivity index (χ3v) is 5.15. The summed E-state index contributed by atoms with van der Waals surface area (Å²) in [5.41, 5.74) is 2.26.